The van der Waals surface area contributed by atoms with Gasteiger partial charge in [0.1, 0.15) is 5.75 Å². The Morgan fingerprint density at radius 2 is 1.77 bits per heavy atom. The molecule has 154 valence electrons. The fraction of sp³-hybridized carbons (Fsp3) is 0.360. The van der Waals surface area contributed by atoms with Crippen LogP contribution < -0.4 is 0 Å². The van der Waals surface area contributed by atoms with Crippen molar-refractivity contribution in [1.82, 2.24) is 14.7 Å². The lowest BCUT2D eigenvalue weighted by atomic mass is 9.57. The summed E-state index contributed by atoms with van der Waals surface area (Å²) in [5, 5.41) is 14.5. The second kappa shape index (κ2) is 6.73. The van der Waals surface area contributed by atoms with E-state index in [4.69, 9.17) is 5.10 Å². The Morgan fingerprint density at radius 3 is 2.50 bits per heavy atom. The Kier molecular flexibility index (Phi) is 4.24. The molecule has 1 aromatic heterocycles. The summed E-state index contributed by atoms with van der Waals surface area (Å²) in [6.07, 6.45) is 2.18. The molecule has 1 spiro atoms. The van der Waals surface area contributed by atoms with Gasteiger partial charge >= 0.3 is 0 Å². The Hall–Kier alpha value is -3.08. The van der Waals surface area contributed by atoms with Gasteiger partial charge in [0.2, 0.25) is 0 Å². The molecule has 3 aromatic rings. The first-order valence-electron chi connectivity index (χ1n) is 10.6. The zero-order valence-corrected chi connectivity index (χ0v) is 17.7. The molecule has 2 aliphatic rings. The number of para-hydroxylation sites is 1. The normalized spacial score (nSPS) is 17.6. The van der Waals surface area contributed by atoms with Gasteiger partial charge in [0.15, 0.2) is 0 Å². The molecule has 0 radical (unpaired) electrons. The maximum Gasteiger partial charge on any atom is 0.254 e. The van der Waals surface area contributed by atoms with Crippen LogP contribution in [-0.4, -0.2) is 38.8 Å². The molecule has 5 heteroatoms. The van der Waals surface area contributed by atoms with E-state index in [2.05, 4.69) is 41.9 Å². The summed E-state index contributed by atoms with van der Waals surface area (Å²) in [5.74, 6) is 0.645. The van der Waals surface area contributed by atoms with Crippen LogP contribution in [-0.2, 0) is 0 Å². The Labute approximate surface area is 177 Å². The van der Waals surface area contributed by atoms with E-state index < -0.39 is 0 Å². The molecule has 1 N–H and O–H groups in total. The molecule has 2 heterocycles. The highest BCUT2D eigenvalue weighted by Gasteiger charge is 2.54. The summed E-state index contributed by atoms with van der Waals surface area (Å²) in [5.41, 5.74) is 6.43. The molecular formula is C25H27N3O2. The van der Waals surface area contributed by atoms with Gasteiger partial charge in [0, 0.05) is 35.7 Å². The van der Waals surface area contributed by atoms with Gasteiger partial charge in [-0.3, -0.25) is 4.79 Å². The minimum Gasteiger partial charge on any atom is -0.508 e. The Morgan fingerprint density at radius 1 is 1.03 bits per heavy atom. The van der Waals surface area contributed by atoms with E-state index in [1.807, 2.05) is 18.7 Å². The lowest BCUT2D eigenvalue weighted by Gasteiger charge is -2.59. The first kappa shape index (κ1) is 18.9. The van der Waals surface area contributed by atoms with Crippen LogP contribution in [0.5, 0.6) is 5.75 Å². The number of hydrogen-bond donors (Lipinski definition) is 1. The number of nitrogens with zero attached hydrogens (tertiary/aromatic N) is 3. The first-order chi connectivity index (χ1) is 14.3. The molecule has 1 aliphatic carbocycles. The molecule has 2 aromatic carbocycles. The van der Waals surface area contributed by atoms with Gasteiger partial charge in [-0.05, 0) is 69.0 Å². The number of phenolic OH excluding ortho intramolecular Hbond substituents is 1. The summed E-state index contributed by atoms with van der Waals surface area (Å²) in [4.78, 5) is 14.8. The minimum atomic E-state index is 0.0262. The third kappa shape index (κ3) is 3.00. The summed E-state index contributed by atoms with van der Waals surface area (Å²) in [6, 6.07) is 15.6. The molecule has 0 atom stereocenters. The van der Waals surface area contributed by atoms with Gasteiger partial charge in [-0.15, -0.1) is 0 Å². The number of likely N-dealkylation sites (tertiary alicyclic amines) is 1. The second-order valence-electron chi connectivity index (χ2n) is 9.17. The molecule has 2 fully saturated rings. The quantitative estimate of drug-likeness (QED) is 0.702. The van der Waals surface area contributed by atoms with Gasteiger partial charge < -0.3 is 10.0 Å². The standard InChI is InChI=1S/C25H27N3O2/c1-16-8-9-20(29)11-21(16)24(30)27-14-25(15-27)12-19(13-25)23-10-18(3)26-28(23)22-7-5-4-6-17(22)2/h4-11,19,29H,12-15H2,1-3H3. The molecule has 1 saturated heterocycles. The zero-order chi connectivity index (χ0) is 21.0. The van der Waals surface area contributed by atoms with E-state index in [-0.39, 0.29) is 17.1 Å². The molecular weight excluding hydrogens is 374 g/mol. The largest absolute Gasteiger partial charge is 0.508 e. The van der Waals surface area contributed by atoms with Crippen LogP contribution in [0.3, 0.4) is 0 Å². The van der Waals surface area contributed by atoms with Crippen LogP contribution in [0, 0.1) is 26.2 Å². The molecule has 5 nitrogen and oxygen atoms in total. The minimum absolute atomic E-state index is 0.0262. The lowest BCUT2D eigenvalue weighted by Crippen LogP contribution is -2.63. The van der Waals surface area contributed by atoms with Crippen LogP contribution in [0.2, 0.25) is 0 Å². The predicted octanol–water partition coefficient (Wildman–Crippen LogP) is 4.52. The number of amides is 1. The predicted molar refractivity (Wildman–Crippen MR) is 116 cm³/mol. The monoisotopic (exact) mass is 401 g/mol. The van der Waals surface area contributed by atoms with E-state index in [9.17, 15) is 9.90 Å². The highest BCUT2D eigenvalue weighted by Crippen LogP contribution is 2.56. The van der Waals surface area contributed by atoms with Gasteiger partial charge in [-0.1, -0.05) is 24.3 Å². The maximum atomic E-state index is 12.9. The summed E-state index contributed by atoms with van der Waals surface area (Å²) >= 11 is 0. The van der Waals surface area contributed by atoms with Crippen molar-refractivity contribution in [3.63, 3.8) is 0 Å². The number of benzene rings is 2. The fourth-order valence-corrected chi connectivity index (χ4v) is 5.18. The van der Waals surface area contributed by atoms with Crippen molar-refractivity contribution in [2.45, 2.75) is 39.5 Å². The highest BCUT2D eigenvalue weighted by molar-refractivity contribution is 5.96. The first-order valence-corrected chi connectivity index (χ1v) is 10.6. The third-order valence-corrected chi connectivity index (χ3v) is 6.77. The van der Waals surface area contributed by atoms with E-state index in [0.717, 1.165) is 42.9 Å². The fourth-order valence-electron chi connectivity index (χ4n) is 5.18. The zero-order valence-electron chi connectivity index (χ0n) is 17.7. The van der Waals surface area contributed by atoms with Crippen LogP contribution in [0.4, 0.5) is 0 Å². The number of carbonyl (C=O) groups is 1. The van der Waals surface area contributed by atoms with E-state index >= 15 is 0 Å². The maximum absolute atomic E-state index is 12.9. The number of aromatic nitrogens is 2. The average molecular weight is 402 g/mol. The van der Waals surface area contributed by atoms with E-state index in [1.165, 1.54) is 11.3 Å². The van der Waals surface area contributed by atoms with E-state index in [0.29, 0.717) is 11.5 Å². The molecule has 1 aliphatic heterocycles. The van der Waals surface area contributed by atoms with Crippen molar-refractivity contribution in [3.8, 4) is 11.4 Å². The van der Waals surface area contributed by atoms with Crippen molar-refractivity contribution >= 4 is 5.91 Å². The molecule has 0 bridgehead atoms. The van der Waals surface area contributed by atoms with Crippen LogP contribution >= 0.6 is 0 Å². The van der Waals surface area contributed by atoms with Crippen molar-refractivity contribution in [2.75, 3.05) is 13.1 Å². The van der Waals surface area contributed by atoms with Crippen LogP contribution in [0.25, 0.3) is 5.69 Å². The molecule has 1 amide bonds. The van der Waals surface area contributed by atoms with Crippen molar-refractivity contribution in [1.29, 1.82) is 0 Å². The van der Waals surface area contributed by atoms with Crippen LogP contribution in [0.1, 0.15) is 51.6 Å². The number of carbonyl (C=O) groups excluding carboxylic acids is 1. The third-order valence-electron chi connectivity index (χ3n) is 6.77. The average Bonchev–Trinajstić information content (AvgIpc) is 3.03. The molecule has 5 rings (SSSR count). The van der Waals surface area contributed by atoms with Crippen molar-refractivity contribution in [2.24, 2.45) is 5.41 Å². The van der Waals surface area contributed by atoms with Crippen LogP contribution in [0.15, 0.2) is 48.5 Å². The summed E-state index contributed by atoms with van der Waals surface area (Å²) in [6.45, 7) is 7.69. The molecule has 0 unspecified atom stereocenters. The molecule has 30 heavy (non-hydrogen) atoms. The summed E-state index contributed by atoms with van der Waals surface area (Å²) in [7, 11) is 0. The number of hydrogen-bond acceptors (Lipinski definition) is 3. The number of rotatable bonds is 3. The summed E-state index contributed by atoms with van der Waals surface area (Å²) < 4.78 is 2.11. The Bertz CT molecular complexity index is 1130. The van der Waals surface area contributed by atoms with Gasteiger partial charge in [-0.2, -0.15) is 5.10 Å². The highest BCUT2D eigenvalue weighted by atomic mass is 16.3. The Balaban J connectivity index is 1.29. The number of aryl methyl sites for hydroxylation is 3. The van der Waals surface area contributed by atoms with E-state index in [1.54, 1.807) is 18.2 Å². The van der Waals surface area contributed by atoms with Crippen molar-refractivity contribution < 1.29 is 9.90 Å². The van der Waals surface area contributed by atoms with Gasteiger partial charge in [0.05, 0.1) is 11.4 Å². The van der Waals surface area contributed by atoms with Crippen molar-refractivity contribution in [3.05, 3.63) is 76.6 Å². The molecule has 1 saturated carbocycles. The smallest absolute Gasteiger partial charge is 0.254 e. The SMILES string of the molecule is Cc1cc(C2CC3(C2)CN(C(=O)c2cc(O)ccc2C)C3)n(-c2ccccc2C)n1. The topological polar surface area (TPSA) is 58.4 Å². The number of phenols is 1. The number of aromatic hydroxyl groups is 1. The lowest BCUT2D eigenvalue weighted by molar-refractivity contribution is -0.0566. The van der Waals surface area contributed by atoms with Gasteiger partial charge in [0.25, 0.3) is 5.91 Å². The van der Waals surface area contributed by atoms with Gasteiger partial charge in [-0.25, -0.2) is 4.68 Å². The second-order valence-corrected chi connectivity index (χ2v) is 9.17.